The lowest BCUT2D eigenvalue weighted by atomic mass is 10.2. The Hall–Kier alpha value is -1.15. The van der Waals surface area contributed by atoms with Crippen LogP contribution in [0.25, 0.3) is 0 Å². The fraction of sp³-hybridized carbons (Fsp3) is 0.444. The summed E-state index contributed by atoms with van der Waals surface area (Å²) in [7, 11) is 1.91. The summed E-state index contributed by atoms with van der Waals surface area (Å²) in [5.74, 6) is 0.808. The highest BCUT2D eigenvalue weighted by atomic mass is 79.9. The number of rotatable bonds is 3. The molecule has 0 aromatic carbocycles. The minimum absolute atomic E-state index is 0.145. The van der Waals surface area contributed by atoms with Crippen molar-refractivity contribution < 1.29 is 0 Å². The SMILES string of the molecule is CC(CC#N)N(C)c1ncncc1Br. The molecule has 74 valence electrons. The molecule has 1 aromatic heterocycles. The molecule has 14 heavy (non-hydrogen) atoms. The van der Waals surface area contributed by atoms with Crippen molar-refractivity contribution in [3.05, 3.63) is 17.0 Å². The van der Waals surface area contributed by atoms with E-state index >= 15 is 0 Å². The molecular formula is C9H11BrN4. The molecule has 5 heteroatoms. The van der Waals surface area contributed by atoms with Crippen LogP contribution in [0.15, 0.2) is 17.0 Å². The average molecular weight is 255 g/mol. The Kier molecular flexibility index (Phi) is 3.84. The van der Waals surface area contributed by atoms with Crippen LogP contribution in [-0.2, 0) is 0 Å². The van der Waals surface area contributed by atoms with Crippen molar-refractivity contribution in [3.8, 4) is 6.07 Å². The monoisotopic (exact) mass is 254 g/mol. The molecule has 0 aliphatic heterocycles. The van der Waals surface area contributed by atoms with E-state index in [9.17, 15) is 0 Å². The molecule has 0 aliphatic carbocycles. The van der Waals surface area contributed by atoms with E-state index < -0.39 is 0 Å². The van der Waals surface area contributed by atoms with Crippen LogP contribution < -0.4 is 4.90 Å². The van der Waals surface area contributed by atoms with Crippen LogP contribution >= 0.6 is 15.9 Å². The van der Waals surface area contributed by atoms with Gasteiger partial charge in [0.2, 0.25) is 0 Å². The fourth-order valence-corrected chi connectivity index (χ4v) is 1.54. The van der Waals surface area contributed by atoms with Crippen LogP contribution in [0.5, 0.6) is 0 Å². The first kappa shape index (κ1) is 10.9. The van der Waals surface area contributed by atoms with Crippen LogP contribution in [-0.4, -0.2) is 23.1 Å². The molecule has 1 heterocycles. The second-order valence-electron chi connectivity index (χ2n) is 3.02. The van der Waals surface area contributed by atoms with E-state index in [-0.39, 0.29) is 6.04 Å². The van der Waals surface area contributed by atoms with Crippen molar-refractivity contribution in [2.24, 2.45) is 0 Å². The highest BCUT2D eigenvalue weighted by molar-refractivity contribution is 9.10. The van der Waals surface area contributed by atoms with Gasteiger partial charge in [0.25, 0.3) is 0 Å². The van der Waals surface area contributed by atoms with Gasteiger partial charge in [0.1, 0.15) is 12.1 Å². The van der Waals surface area contributed by atoms with E-state index in [0.717, 1.165) is 10.3 Å². The molecule has 0 saturated carbocycles. The molecule has 0 aliphatic rings. The number of nitriles is 1. The van der Waals surface area contributed by atoms with E-state index in [0.29, 0.717) is 6.42 Å². The van der Waals surface area contributed by atoms with Gasteiger partial charge in [0, 0.05) is 19.3 Å². The van der Waals surface area contributed by atoms with Gasteiger partial charge < -0.3 is 4.90 Å². The van der Waals surface area contributed by atoms with Gasteiger partial charge in [0.15, 0.2) is 0 Å². The van der Waals surface area contributed by atoms with Gasteiger partial charge in [-0.05, 0) is 22.9 Å². The Morgan fingerprint density at radius 1 is 1.71 bits per heavy atom. The molecule has 0 fully saturated rings. The first-order valence-electron chi connectivity index (χ1n) is 4.22. The van der Waals surface area contributed by atoms with Gasteiger partial charge in [-0.1, -0.05) is 0 Å². The second-order valence-corrected chi connectivity index (χ2v) is 3.87. The number of halogens is 1. The van der Waals surface area contributed by atoms with Gasteiger partial charge in [0.05, 0.1) is 17.0 Å². The first-order valence-corrected chi connectivity index (χ1v) is 5.01. The molecule has 1 rings (SSSR count). The first-order chi connectivity index (χ1) is 6.66. The maximum absolute atomic E-state index is 8.58. The fourth-order valence-electron chi connectivity index (χ4n) is 1.04. The summed E-state index contributed by atoms with van der Waals surface area (Å²) in [4.78, 5) is 9.98. The summed E-state index contributed by atoms with van der Waals surface area (Å²) in [6.45, 7) is 1.98. The zero-order chi connectivity index (χ0) is 10.6. The number of anilines is 1. The van der Waals surface area contributed by atoms with Crippen LogP contribution in [0, 0.1) is 11.3 Å². The molecule has 0 radical (unpaired) electrons. The van der Waals surface area contributed by atoms with Gasteiger partial charge in [-0.2, -0.15) is 5.26 Å². The average Bonchev–Trinajstić information content (AvgIpc) is 2.18. The van der Waals surface area contributed by atoms with E-state index in [1.807, 2.05) is 18.9 Å². The third kappa shape index (κ3) is 2.42. The van der Waals surface area contributed by atoms with Crippen molar-refractivity contribution in [1.82, 2.24) is 9.97 Å². The topological polar surface area (TPSA) is 52.8 Å². The smallest absolute Gasteiger partial charge is 0.146 e. The summed E-state index contributed by atoms with van der Waals surface area (Å²) in [6, 6.07) is 2.28. The summed E-state index contributed by atoms with van der Waals surface area (Å²) >= 11 is 3.37. The van der Waals surface area contributed by atoms with Crippen molar-refractivity contribution in [2.45, 2.75) is 19.4 Å². The Bertz CT molecular complexity index is 347. The van der Waals surface area contributed by atoms with Gasteiger partial charge in [-0.25, -0.2) is 9.97 Å². The lowest BCUT2D eigenvalue weighted by Crippen LogP contribution is -2.29. The van der Waals surface area contributed by atoms with E-state index in [1.165, 1.54) is 6.33 Å². The Morgan fingerprint density at radius 2 is 2.43 bits per heavy atom. The summed E-state index contributed by atoms with van der Waals surface area (Å²) < 4.78 is 0.840. The number of nitrogens with zero attached hydrogens (tertiary/aromatic N) is 4. The normalized spacial score (nSPS) is 11.9. The minimum Gasteiger partial charge on any atom is -0.355 e. The Balaban J connectivity index is 2.84. The molecular weight excluding hydrogens is 244 g/mol. The van der Waals surface area contributed by atoms with Crippen molar-refractivity contribution >= 4 is 21.7 Å². The van der Waals surface area contributed by atoms with Crippen LogP contribution in [0.1, 0.15) is 13.3 Å². The van der Waals surface area contributed by atoms with E-state index in [2.05, 4.69) is 32.0 Å². The largest absolute Gasteiger partial charge is 0.355 e. The maximum Gasteiger partial charge on any atom is 0.146 e. The third-order valence-electron chi connectivity index (χ3n) is 2.03. The molecule has 0 N–H and O–H groups in total. The highest BCUT2D eigenvalue weighted by Gasteiger charge is 2.13. The van der Waals surface area contributed by atoms with Crippen molar-refractivity contribution in [1.29, 1.82) is 5.26 Å². The van der Waals surface area contributed by atoms with Crippen LogP contribution in [0.4, 0.5) is 5.82 Å². The molecule has 0 amide bonds. The molecule has 1 unspecified atom stereocenters. The number of aromatic nitrogens is 2. The molecule has 0 spiro atoms. The number of hydrogen-bond acceptors (Lipinski definition) is 4. The minimum atomic E-state index is 0.145. The quantitative estimate of drug-likeness (QED) is 0.828. The standard InChI is InChI=1S/C9H11BrN4/c1-7(3-4-11)14(2)9-8(10)5-12-6-13-9/h5-7H,3H2,1-2H3. The summed E-state index contributed by atoms with van der Waals surface area (Å²) in [5.41, 5.74) is 0. The van der Waals surface area contributed by atoms with Gasteiger partial charge in [-0.3, -0.25) is 0 Å². The molecule has 1 atom stereocenters. The molecule has 0 saturated heterocycles. The molecule has 1 aromatic rings. The highest BCUT2D eigenvalue weighted by Crippen LogP contribution is 2.22. The molecule has 4 nitrogen and oxygen atoms in total. The maximum atomic E-state index is 8.58. The van der Waals surface area contributed by atoms with Gasteiger partial charge >= 0.3 is 0 Å². The zero-order valence-electron chi connectivity index (χ0n) is 8.11. The Labute approximate surface area is 91.7 Å². The third-order valence-corrected chi connectivity index (χ3v) is 2.59. The predicted octanol–water partition coefficient (Wildman–Crippen LogP) is 1.98. The van der Waals surface area contributed by atoms with Crippen molar-refractivity contribution in [2.75, 3.05) is 11.9 Å². The second kappa shape index (κ2) is 4.91. The lowest BCUT2D eigenvalue weighted by Gasteiger charge is -2.24. The van der Waals surface area contributed by atoms with Crippen molar-refractivity contribution in [3.63, 3.8) is 0 Å². The van der Waals surface area contributed by atoms with Gasteiger partial charge in [-0.15, -0.1) is 0 Å². The van der Waals surface area contributed by atoms with Crippen LogP contribution in [0.2, 0.25) is 0 Å². The number of hydrogen-bond donors (Lipinski definition) is 0. The predicted molar refractivity (Wildman–Crippen MR) is 57.8 cm³/mol. The summed E-state index contributed by atoms with van der Waals surface area (Å²) in [6.07, 6.45) is 3.67. The van der Waals surface area contributed by atoms with E-state index in [4.69, 9.17) is 5.26 Å². The Morgan fingerprint density at radius 3 is 3.00 bits per heavy atom. The summed E-state index contributed by atoms with van der Waals surface area (Å²) in [5, 5.41) is 8.58. The molecule has 0 bridgehead atoms. The zero-order valence-corrected chi connectivity index (χ0v) is 9.69. The van der Waals surface area contributed by atoms with Crippen LogP contribution in [0.3, 0.4) is 0 Å². The lowest BCUT2D eigenvalue weighted by molar-refractivity contribution is 0.691. The van der Waals surface area contributed by atoms with E-state index in [1.54, 1.807) is 6.20 Å².